The number of carbonyl (C=O) groups is 1. The largest absolute Gasteiger partial charge is 0.378 e. The molecular weight excluding hydrogens is 236 g/mol. The first kappa shape index (κ1) is 13.8. The smallest absolute Gasteiger partial charge is 0.253 e. The van der Waals surface area contributed by atoms with E-state index in [0.29, 0.717) is 11.4 Å². The summed E-state index contributed by atoms with van der Waals surface area (Å²) >= 11 is 5.74. The molecule has 1 aromatic carbocycles. The summed E-state index contributed by atoms with van der Waals surface area (Å²) in [4.78, 5) is 15.7. The molecule has 0 aliphatic rings. The van der Waals surface area contributed by atoms with Crippen molar-refractivity contribution in [2.75, 3.05) is 31.9 Å². The number of benzene rings is 1. The lowest BCUT2D eigenvalue weighted by atomic mass is 10.1. The SMILES string of the molecule is CC(CCl)N(C)C(=O)c1ccc(N(C)C)cc1. The molecular formula is C13H19ClN2O. The van der Waals surface area contributed by atoms with Crippen molar-refractivity contribution in [3.05, 3.63) is 29.8 Å². The van der Waals surface area contributed by atoms with E-state index in [1.807, 2.05) is 50.2 Å². The molecule has 0 aliphatic carbocycles. The third kappa shape index (κ3) is 3.37. The van der Waals surface area contributed by atoms with E-state index < -0.39 is 0 Å². The van der Waals surface area contributed by atoms with Gasteiger partial charge in [-0.05, 0) is 31.2 Å². The number of carbonyl (C=O) groups excluding carboxylic acids is 1. The van der Waals surface area contributed by atoms with Gasteiger partial charge in [0.05, 0.1) is 0 Å². The molecule has 1 amide bonds. The molecule has 0 heterocycles. The molecule has 0 spiro atoms. The number of nitrogens with zero attached hydrogens (tertiary/aromatic N) is 2. The van der Waals surface area contributed by atoms with Crippen molar-refractivity contribution in [2.24, 2.45) is 0 Å². The fourth-order valence-corrected chi connectivity index (χ4v) is 1.62. The Morgan fingerprint density at radius 3 is 2.18 bits per heavy atom. The van der Waals surface area contributed by atoms with Gasteiger partial charge in [0.2, 0.25) is 0 Å². The van der Waals surface area contributed by atoms with Crippen LogP contribution in [0.4, 0.5) is 5.69 Å². The maximum atomic E-state index is 12.1. The van der Waals surface area contributed by atoms with Gasteiger partial charge in [-0.15, -0.1) is 11.6 Å². The van der Waals surface area contributed by atoms with Gasteiger partial charge in [0.15, 0.2) is 0 Å². The standard InChI is InChI=1S/C13H19ClN2O/c1-10(9-14)16(4)13(17)11-5-7-12(8-6-11)15(2)3/h5-8,10H,9H2,1-4H3. The molecule has 3 nitrogen and oxygen atoms in total. The second-order valence-electron chi connectivity index (χ2n) is 4.36. The lowest BCUT2D eigenvalue weighted by molar-refractivity contribution is 0.0757. The average Bonchev–Trinajstić information content (AvgIpc) is 2.36. The summed E-state index contributed by atoms with van der Waals surface area (Å²) in [7, 11) is 5.71. The normalized spacial score (nSPS) is 12.1. The molecule has 1 rings (SSSR count). The molecule has 1 atom stereocenters. The molecule has 94 valence electrons. The van der Waals surface area contributed by atoms with Gasteiger partial charge in [0.1, 0.15) is 0 Å². The van der Waals surface area contributed by atoms with E-state index in [4.69, 9.17) is 11.6 Å². The highest BCUT2D eigenvalue weighted by Crippen LogP contribution is 2.14. The molecule has 0 aromatic heterocycles. The number of anilines is 1. The van der Waals surface area contributed by atoms with Crippen molar-refractivity contribution < 1.29 is 4.79 Å². The van der Waals surface area contributed by atoms with Gasteiger partial charge in [0.25, 0.3) is 5.91 Å². The van der Waals surface area contributed by atoms with Crippen LogP contribution in [0.3, 0.4) is 0 Å². The van der Waals surface area contributed by atoms with E-state index in [-0.39, 0.29) is 11.9 Å². The predicted molar refractivity (Wildman–Crippen MR) is 73.0 cm³/mol. The minimum absolute atomic E-state index is 0.00320. The quantitative estimate of drug-likeness (QED) is 0.771. The Morgan fingerprint density at radius 2 is 1.76 bits per heavy atom. The Hall–Kier alpha value is -1.22. The van der Waals surface area contributed by atoms with Crippen LogP contribution in [-0.2, 0) is 0 Å². The molecule has 0 fully saturated rings. The molecule has 0 saturated heterocycles. The van der Waals surface area contributed by atoms with E-state index in [9.17, 15) is 4.79 Å². The molecule has 0 saturated carbocycles. The minimum Gasteiger partial charge on any atom is -0.378 e. The van der Waals surface area contributed by atoms with Crippen molar-refractivity contribution in [1.29, 1.82) is 0 Å². The molecule has 0 N–H and O–H groups in total. The fraction of sp³-hybridized carbons (Fsp3) is 0.462. The number of amides is 1. The molecule has 0 radical (unpaired) electrons. The average molecular weight is 255 g/mol. The van der Waals surface area contributed by atoms with Crippen LogP contribution in [0.25, 0.3) is 0 Å². The Morgan fingerprint density at radius 1 is 1.24 bits per heavy atom. The summed E-state index contributed by atoms with van der Waals surface area (Å²) in [5.41, 5.74) is 1.77. The first-order chi connectivity index (χ1) is 7.97. The van der Waals surface area contributed by atoms with Crippen molar-refractivity contribution in [3.8, 4) is 0 Å². The van der Waals surface area contributed by atoms with Gasteiger partial charge in [0, 0.05) is 44.3 Å². The Kier molecular flexibility index (Phi) is 4.82. The van der Waals surface area contributed by atoms with Crippen molar-refractivity contribution in [3.63, 3.8) is 0 Å². The topological polar surface area (TPSA) is 23.6 Å². The Labute approximate surface area is 108 Å². The van der Waals surface area contributed by atoms with Gasteiger partial charge in [-0.1, -0.05) is 0 Å². The number of halogens is 1. The Bertz CT molecular complexity index is 376. The third-order valence-corrected chi connectivity index (χ3v) is 3.28. The van der Waals surface area contributed by atoms with Gasteiger partial charge in [-0.2, -0.15) is 0 Å². The van der Waals surface area contributed by atoms with Gasteiger partial charge >= 0.3 is 0 Å². The third-order valence-electron chi connectivity index (χ3n) is 2.84. The van der Waals surface area contributed by atoms with Crippen LogP contribution in [0.15, 0.2) is 24.3 Å². The van der Waals surface area contributed by atoms with Crippen molar-refractivity contribution in [2.45, 2.75) is 13.0 Å². The summed E-state index contributed by atoms with van der Waals surface area (Å²) in [6.07, 6.45) is 0. The van der Waals surface area contributed by atoms with E-state index >= 15 is 0 Å². The van der Waals surface area contributed by atoms with Crippen LogP contribution in [0.1, 0.15) is 17.3 Å². The van der Waals surface area contributed by atoms with Gasteiger partial charge < -0.3 is 9.80 Å². The Balaban J connectivity index is 2.83. The molecule has 1 unspecified atom stereocenters. The van der Waals surface area contributed by atoms with Gasteiger partial charge in [-0.3, -0.25) is 4.79 Å². The first-order valence-electron chi connectivity index (χ1n) is 5.58. The monoisotopic (exact) mass is 254 g/mol. The zero-order valence-electron chi connectivity index (χ0n) is 10.8. The number of hydrogen-bond donors (Lipinski definition) is 0. The number of alkyl halides is 1. The predicted octanol–water partition coefficient (Wildman–Crippen LogP) is 2.45. The highest BCUT2D eigenvalue weighted by Gasteiger charge is 2.16. The first-order valence-corrected chi connectivity index (χ1v) is 6.11. The lowest BCUT2D eigenvalue weighted by Gasteiger charge is -2.23. The molecule has 1 aromatic rings. The van der Waals surface area contributed by atoms with E-state index in [1.54, 1.807) is 11.9 Å². The molecule has 0 aliphatic heterocycles. The van der Waals surface area contributed by atoms with Crippen LogP contribution >= 0.6 is 11.6 Å². The molecule has 17 heavy (non-hydrogen) atoms. The highest BCUT2D eigenvalue weighted by molar-refractivity contribution is 6.18. The summed E-state index contributed by atoms with van der Waals surface area (Å²) in [6, 6.07) is 7.60. The summed E-state index contributed by atoms with van der Waals surface area (Å²) in [5.74, 6) is 0.446. The van der Waals surface area contributed by atoms with Crippen LogP contribution in [-0.4, -0.2) is 43.9 Å². The molecule has 4 heteroatoms. The minimum atomic E-state index is 0.00320. The maximum absolute atomic E-state index is 12.1. The van der Waals surface area contributed by atoms with E-state index in [2.05, 4.69) is 0 Å². The number of hydrogen-bond acceptors (Lipinski definition) is 2. The summed E-state index contributed by atoms with van der Waals surface area (Å²) < 4.78 is 0. The zero-order chi connectivity index (χ0) is 13.0. The van der Waals surface area contributed by atoms with E-state index in [0.717, 1.165) is 5.69 Å². The number of rotatable bonds is 4. The van der Waals surface area contributed by atoms with Gasteiger partial charge in [-0.25, -0.2) is 0 Å². The van der Waals surface area contributed by atoms with Crippen LogP contribution < -0.4 is 4.90 Å². The zero-order valence-corrected chi connectivity index (χ0v) is 11.5. The van der Waals surface area contributed by atoms with Crippen LogP contribution in [0.2, 0.25) is 0 Å². The van der Waals surface area contributed by atoms with E-state index in [1.165, 1.54) is 0 Å². The highest BCUT2D eigenvalue weighted by atomic mass is 35.5. The van der Waals surface area contributed by atoms with Crippen molar-refractivity contribution in [1.82, 2.24) is 4.90 Å². The van der Waals surface area contributed by atoms with Crippen molar-refractivity contribution >= 4 is 23.2 Å². The summed E-state index contributed by atoms with van der Waals surface area (Å²) in [6.45, 7) is 1.93. The maximum Gasteiger partial charge on any atom is 0.253 e. The second kappa shape index (κ2) is 5.92. The van der Waals surface area contributed by atoms with Crippen LogP contribution in [0.5, 0.6) is 0 Å². The lowest BCUT2D eigenvalue weighted by Crippen LogP contribution is -2.36. The second-order valence-corrected chi connectivity index (χ2v) is 4.67. The van der Waals surface area contributed by atoms with Crippen LogP contribution in [0, 0.1) is 0 Å². The molecule has 0 bridgehead atoms. The fourth-order valence-electron chi connectivity index (χ4n) is 1.41. The summed E-state index contributed by atoms with van der Waals surface area (Å²) in [5, 5.41) is 0.